The maximum atomic E-state index is 13.4. The molecule has 0 saturated carbocycles. The summed E-state index contributed by atoms with van der Waals surface area (Å²) in [4.78, 5) is 30.1. The number of benzene rings is 3. The molecule has 3 heteroatoms. The Hall–Kier alpha value is -3.72. The number of H-pyrrole nitrogens is 1. The van der Waals surface area contributed by atoms with Gasteiger partial charge in [0, 0.05) is 44.1 Å². The number of rotatable bonds is 4. The van der Waals surface area contributed by atoms with Crippen LogP contribution in [-0.4, -0.2) is 16.6 Å². The molecule has 3 nitrogen and oxygen atoms in total. The Labute approximate surface area is 193 Å². The summed E-state index contributed by atoms with van der Waals surface area (Å²) in [5, 5.41) is 1.92. The summed E-state index contributed by atoms with van der Waals surface area (Å²) in [6, 6.07) is 15.7. The minimum atomic E-state index is 0.0293. The van der Waals surface area contributed by atoms with E-state index in [9.17, 15) is 9.59 Å². The number of aryl methyl sites for hydroxylation is 3. The van der Waals surface area contributed by atoms with E-state index in [0.29, 0.717) is 11.1 Å². The first-order valence-corrected chi connectivity index (χ1v) is 11.4. The number of allylic oxidation sites excluding steroid dienone is 4. The topological polar surface area (TPSA) is 49.9 Å². The summed E-state index contributed by atoms with van der Waals surface area (Å²) in [7, 11) is 0. The Bertz CT molecular complexity index is 1500. The van der Waals surface area contributed by atoms with E-state index < -0.39 is 0 Å². The number of nitrogens with one attached hydrogen (secondary N) is 1. The van der Waals surface area contributed by atoms with Gasteiger partial charge < -0.3 is 4.98 Å². The first-order chi connectivity index (χ1) is 15.8. The molecular weight excluding hydrogens is 406 g/mol. The zero-order valence-corrected chi connectivity index (χ0v) is 19.5. The van der Waals surface area contributed by atoms with Gasteiger partial charge in [-0.05, 0) is 88.1 Å². The molecule has 0 aliphatic heterocycles. The van der Waals surface area contributed by atoms with Crippen LogP contribution in [0.2, 0.25) is 0 Å². The third kappa shape index (κ3) is 3.64. The first kappa shape index (κ1) is 21.1. The molecule has 0 fully saturated rings. The Morgan fingerprint density at radius 3 is 1.91 bits per heavy atom. The smallest absolute Gasteiger partial charge is 0.193 e. The summed E-state index contributed by atoms with van der Waals surface area (Å²) in [6.45, 7) is 8.07. The monoisotopic (exact) mass is 433 g/mol. The average molecular weight is 434 g/mol. The molecule has 0 radical (unpaired) electrons. The lowest BCUT2D eigenvalue weighted by molar-refractivity contribution is 0.102. The van der Waals surface area contributed by atoms with Gasteiger partial charge in [0.2, 0.25) is 0 Å². The fourth-order valence-electron chi connectivity index (χ4n) is 5.07. The van der Waals surface area contributed by atoms with Gasteiger partial charge in [0.25, 0.3) is 0 Å². The van der Waals surface area contributed by atoms with Crippen molar-refractivity contribution in [3.05, 3.63) is 105 Å². The molecule has 0 spiro atoms. The minimum Gasteiger partial charge on any atom is -0.355 e. The molecule has 1 aliphatic carbocycles. The van der Waals surface area contributed by atoms with Gasteiger partial charge in [-0.1, -0.05) is 35.4 Å². The van der Waals surface area contributed by atoms with Gasteiger partial charge in [0.15, 0.2) is 11.6 Å². The van der Waals surface area contributed by atoms with Crippen molar-refractivity contribution >= 4 is 33.4 Å². The van der Waals surface area contributed by atoms with Gasteiger partial charge in [0.1, 0.15) is 0 Å². The second-order valence-corrected chi connectivity index (χ2v) is 9.21. The van der Waals surface area contributed by atoms with Crippen molar-refractivity contribution in [3.63, 3.8) is 0 Å². The van der Waals surface area contributed by atoms with Gasteiger partial charge in [0.05, 0.1) is 0 Å². The van der Waals surface area contributed by atoms with Crippen LogP contribution in [0.25, 0.3) is 21.8 Å². The Kier molecular flexibility index (Phi) is 5.13. The number of Topliss-reactive ketones (excluding diaryl/α,β-unsaturated/α-hetero) is 1. The quantitative estimate of drug-likeness (QED) is 0.343. The van der Waals surface area contributed by atoms with E-state index in [4.69, 9.17) is 0 Å². The fourth-order valence-corrected chi connectivity index (χ4v) is 5.07. The van der Waals surface area contributed by atoms with Crippen LogP contribution in [0.5, 0.6) is 0 Å². The van der Waals surface area contributed by atoms with Crippen molar-refractivity contribution in [1.29, 1.82) is 0 Å². The number of aromatic amines is 1. The average Bonchev–Trinajstić information content (AvgIpc) is 3.15. The molecule has 3 aromatic carbocycles. The lowest BCUT2D eigenvalue weighted by atomic mass is 9.91. The lowest BCUT2D eigenvalue weighted by Crippen LogP contribution is -2.07. The molecule has 0 atom stereocenters. The number of hydrogen-bond donors (Lipinski definition) is 1. The highest BCUT2D eigenvalue weighted by atomic mass is 16.1. The zero-order chi connectivity index (χ0) is 23.3. The van der Waals surface area contributed by atoms with Gasteiger partial charge in [-0.3, -0.25) is 9.59 Å². The molecule has 0 saturated heterocycles. The van der Waals surface area contributed by atoms with E-state index >= 15 is 0 Å². The zero-order valence-electron chi connectivity index (χ0n) is 19.5. The second kappa shape index (κ2) is 8.00. The summed E-state index contributed by atoms with van der Waals surface area (Å²) < 4.78 is 0. The molecule has 0 bridgehead atoms. The van der Waals surface area contributed by atoms with Crippen LogP contribution in [-0.2, 0) is 0 Å². The number of carbonyl (C=O) groups is 2. The van der Waals surface area contributed by atoms with Crippen LogP contribution in [0.3, 0.4) is 0 Å². The normalized spacial score (nSPS) is 13.8. The van der Waals surface area contributed by atoms with Crippen LogP contribution in [0.4, 0.5) is 0 Å². The van der Waals surface area contributed by atoms with Gasteiger partial charge >= 0.3 is 0 Å². The second-order valence-electron chi connectivity index (χ2n) is 9.21. The number of aromatic nitrogens is 1. The fraction of sp³-hybridized carbons (Fsp3) is 0.200. The minimum absolute atomic E-state index is 0.0293. The summed E-state index contributed by atoms with van der Waals surface area (Å²) in [5.74, 6) is 0.0828. The molecule has 1 aromatic heterocycles. The van der Waals surface area contributed by atoms with Gasteiger partial charge in [-0.15, -0.1) is 0 Å². The molecule has 0 unspecified atom stereocenters. The number of carbonyl (C=O) groups excluding carboxylic acids is 2. The predicted molar refractivity (Wildman–Crippen MR) is 135 cm³/mol. The Morgan fingerprint density at radius 2 is 1.33 bits per heavy atom. The van der Waals surface area contributed by atoms with Crippen LogP contribution in [0, 0.1) is 20.8 Å². The Morgan fingerprint density at radius 1 is 0.758 bits per heavy atom. The van der Waals surface area contributed by atoms with E-state index in [1.54, 1.807) is 0 Å². The molecule has 1 aliphatic rings. The maximum Gasteiger partial charge on any atom is 0.193 e. The SMILES string of the molecule is CC1=C(C(=O)c2ccc3[nH]c4ccc(C(=O)c5c(C)cc(C)cc5C)cc4c3c2)C=CCC1. The standard InChI is InChI=1S/C30H27NO2/c1-17-13-19(3)28(20(4)14-17)30(33)22-10-12-27-25(16-22)24-15-21(9-11-26(24)31-27)29(32)23-8-6-5-7-18(23)2/h6,8-16,31H,5,7H2,1-4H3. The van der Waals surface area contributed by atoms with Gasteiger partial charge in [-0.2, -0.15) is 0 Å². The van der Waals surface area contributed by atoms with Crippen molar-refractivity contribution in [2.75, 3.05) is 0 Å². The molecule has 4 aromatic rings. The van der Waals surface area contributed by atoms with E-state index in [1.165, 1.54) is 0 Å². The molecular formula is C30H27NO2. The largest absolute Gasteiger partial charge is 0.355 e. The van der Waals surface area contributed by atoms with E-state index in [0.717, 1.165) is 68.0 Å². The molecule has 1 N–H and O–H groups in total. The third-order valence-electron chi connectivity index (χ3n) is 6.70. The number of fused-ring (bicyclic) bond motifs is 3. The van der Waals surface area contributed by atoms with Crippen LogP contribution in [0.1, 0.15) is 62.7 Å². The highest BCUT2D eigenvalue weighted by molar-refractivity contribution is 6.18. The van der Waals surface area contributed by atoms with Crippen LogP contribution < -0.4 is 0 Å². The van der Waals surface area contributed by atoms with E-state index in [-0.39, 0.29) is 11.6 Å². The molecule has 5 rings (SSSR count). The van der Waals surface area contributed by atoms with Crippen molar-refractivity contribution in [2.45, 2.75) is 40.5 Å². The third-order valence-corrected chi connectivity index (χ3v) is 6.70. The van der Waals surface area contributed by atoms with Crippen molar-refractivity contribution < 1.29 is 9.59 Å². The van der Waals surface area contributed by atoms with Crippen LogP contribution >= 0.6 is 0 Å². The summed E-state index contributed by atoms with van der Waals surface area (Å²) in [6.07, 6.45) is 5.93. The van der Waals surface area contributed by atoms with E-state index in [2.05, 4.69) is 23.2 Å². The number of ketones is 2. The summed E-state index contributed by atoms with van der Waals surface area (Å²) >= 11 is 0. The van der Waals surface area contributed by atoms with E-state index in [1.807, 2.05) is 70.2 Å². The first-order valence-electron chi connectivity index (χ1n) is 11.4. The molecule has 1 heterocycles. The Balaban J connectivity index is 1.61. The molecule has 0 amide bonds. The van der Waals surface area contributed by atoms with Gasteiger partial charge in [-0.25, -0.2) is 0 Å². The highest BCUT2D eigenvalue weighted by Crippen LogP contribution is 2.30. The molecule has 33 heavy (non-hydrogen) atoms. The maximum absolute atomic E-state index is 13.4. The predicted octanol–water partition coefficient (Wildman–Crippen LogP) is 7.33. The molecule has 164 valence electrons. The van der Waals surface area contributed by atoms with Crippen molar-refractivity contribution in [2.24, 2.45) is 0 Å². The lowest BCUT2D eigenvalue weighted by Gasteiger charge is -2.11. The number of hydrogen-bond acceptors (Lipinski definition) is 2. The van der Waals surface area contributed by atoms with Crippen LogP contribution in [0.15, 0.2) is 71.8 Å². The van der Waals surface area contributed by atoms with Crippen molar-refractivity contribution in [3.8, 4) is 0 Å². The highest BCUT2D eigenvalue weighted by Gasteiger charge is 2.19. The summed E-state index contributed by atoms with van der Waals surface area (Å²) in [5.41, 5.74) is 9.08. The van der Waals surface area contributed by atoms with Crippen molar-refractivity contribution in [1.82, 2.24) is 4.98 Å².